The highest BCUT2D eigenvalue weighted by Gasteiger charge is 2.09. The predicted molar refractivity (Wildman–Crippen MR) is 103 cm³/mol. The number of carbonyl (C=O) groups is 2. The number of hydrazine groups is 1. The van der Waals surface area contributed by atoms with E-state index in [4.69, 9.17) is 0 Å². The molecule has 2 aromatic rings. The van der Waals surface area contributed by atoms with Crippen LogP contribution in [0, 0.1) is 10.1 Å². The van der Waals surface area contributed by atoms with Crippen LogP contribution in [0.5, 0.6) is 0 Å². The molecule has 0 radical (unpaired) electrons. The second kappa shape index (κ2) is 8.61. The van der Waals surface area contributed by atoms with E-state index in [1.54, 1.807) is 19.1 Å². The van der Waals surface area contributed by atoms with Crippen molar-refractivity contribution < 1.29 is 14.5 Å². The van der Waals surface area contributed by atoms with E-state index in [0.717, 1.165) is 5.69 Å². The number of non-ortho nitro benzene ring substituents is 1. The van der Waals surface area contributed by atoms with Gasteiger partial charge in [0.05, 0.1) is 4.92 Å². The first-order chi connectivity index (χ1) is 12.8. The van der Waals surface area contributed by atoms with Crippen molar-refractivity contribution in [1.29, 1.82) is 0 Å². The van der Waals surface area contributed by atoms with E-state index in [9.17, 15) is 19.7 Å². The van der Waals surface area contributed by atoms with Gasteiger partial charge in [0.1, 0.15) is 0 Å². The number of hydrogen-bond donors (Lipinski definition) is 2. The first-order valence-electron chi connectivity index (χ1n) is 8.09. The SMILES string of the molecule is CC(=CC(=O)c1ccc(N(C)C)cc1)NNC(=O)c1ccc([N+](=O)[O-])cc1. The molecule has 8 nitrogen and oxygen atoms in total. The molecule has 1 amide bonds. The summed E-state index contributed by atoms with van der Waals surface area (Å²) < 4.78 is 0. The number of nitrogens with zero attached hydrogens (tertiary/aromatic N) is 2. The molecule has 0 bridgehead atoms. The third-order valence-corrected chi connectivity index (χ3v) is 3.73. The summed E-state index contributed by atoms with van der Waals surface area (Å²) in [6.07, 6.45) is 1.38. The minimum absolute atomic E-state index is 0.0959. The molecule has 27 heavy (non-hydrogen) atoms. The summed E-state index contributed by atoms with van der Waals surface area (Å²) in [6, 6.07) is 12.4. The number of benzene rings is 2. The third-order valence-electron chi connectivity index (χ3n) is 3.73. The lowest BCUT2D eigenvalue weighted by Crippen LogP contribution is -2.36. The van der Waals surface area contributed by atoms with Crippen LogP contribution >= 0.6 is 0 Å². The summed E-state index contributed by atoms with van der Waals surface area (Å²) >= 11 is 0. The molecule has 8 heteroatoms. The van der Waals surface area contributed by atoms with Gasteiger partial charge in [0.15, 0.2) is 5.78 Å². The highest BCUT2D eigenvalue weighted by Crippen LogP contribution is 2.13. The number of rotatable bonds is 7. The normalized spacial score (nSPS) is 10.9. The molecular formula is C19H20N4O4. The molecule has 0 saturated heterocycles. The fraction of sp³-hybridized carbons (Fsp3) is 0.158. The Balaban J connectivity index is 1.95. The Morgan fingerprint density at radius 1 is 0.963 bits per heavy atom. The summed E-state index contributed by atoms with van der Waals surface area (Å²) in [4.78, 5) is 36.3. The van der Waals surface area contributed by atoms with Crippen molar-refractivity contribution in [2.75, 3.05) is 19.0 Å². The fourth-order valence-corrected chi connectivity index (χ4v) is 2.20. The second-order valence-electron chi connectivity index (χ2n) is 6.02. The first kappa shape index (κ1) is 19.6. The zero-order valence-corrected chi connectivity index (χ0v) is 15.2. The largest absolute Gasteiger partial charge is 0.378 e. The molecule has 2 rings (SSSR count). The van der Waals surface area contributed by atoms with Gasteiger partial charge in [0, 0.05) is 54.8 Å². The lowest BCUT2D eigenvalue weighted by Gasteiger charge is -2.12. The van der Waals surface area contributed by atoms with Crippen LogP contribution in [0.2, 0.25) is 0 Å². The van der Waals surface area contributed by atoms with Crippen LogP contribution in [0.1, 0.15) is 27.6 Å². The number of nitro benzene ring substituents is 1. The number of amides is 1. The predicted octanol–water partition coefficient (Wildman–Crippen LogP) is 2.68. The number of ketones is 1. The molecule has 0 saturated carbocycles. The van der Waals surface area contributed by atoms with E-state index in [1.165, 1.54) is 30.3 Å². The van der Waals surface area contributed by atoms with Crippen molar-refractivity contribution in [3.8, 4) is 0 Å². The topological polar surface area (TPSA) is 105 Å². The van der Waals surface area contributed by atoms with Crippen LogP contribution in [0.15, 0.2) is 60.3 Å². The number of nitrogens with one attached hydrogen (secondary N) is 2. The zero-order valence-electron chi connectivity index (χ0n) is 15.2. The highest BCUT2D eigenvalue weighted by molar-refractivity contribution is 6.05. The monoisotopic (exact) mass is 368 g/mol. The van der Waals surface area contributed by atoms with Gasteiger partial charge >= 0.3 is 0 Å². The molecule has 0 aromatic heterocycles. The van der Waals surface area contributed by atoms with Crippen molar-refractivity contribution in [3.63, 3.8) is 0 Å². The van der Waals surface area contributed by atoms with Gasteiger partial charge in [-0.25, -0.2) is 0 Å². The minimum atomic E-state index is -0.538. The van der Waals surface area contributed by atoms with Crippen molar-refractivity contribution >= 4 is 23.1 Å². The van der Waals surface area contributed by atoms with E-state index in [2.05, 4.69) is 10.9 Å². The van der Waals surface area contributed by atoms with Gasteiger partial charge in [0.25, 0.3) is 11.6 Å². The average Bonchev–Trinajstić information content (AvgIpc) is 2.66. The maximum atomic E-state index is 12.2. The van der Waals surface area contributed by atoms with Crippen LogP contribution < -0.4 is 15.8 Å². The Morgan fingerprint density at radius 3 is 2.04 bits per heavy atom. The quantitative estimate of drug-likeness (QED) is 0.337. The van der Waals surface area contributed by atoms with Crippen molar-refractivity contribution in [3.05, 3.63) is 81.5 Å². The van der Waals surface area contributed by atoms with Crippen LogP contribution in [-0.2, 0) is 0 Å². The van der Waals surface area contributed by atoms with Crippen molar-refractivity contribution in [2.24, 2.45) is 0 Å². The zero-order chi connectivity index (χ0) is 20.0. The van der Waals surface area contributed by atoms with E-state index in [1.807, 2.05) is 31.1 Å². The molecule has 0 fully saturated rings. The van der Waals surface area contributed by atoms with Crippen molar-refractivity contribution in [2.45, 2.75) is 6.92 Å². The summed E-state index contributed by atoms with van der Waals surface area (Å²) in [7, 11) is 3.83. The molecule has 0 heterocycles. The molecule has 0 spiro atoms. The lowest BCUT2D eigenvalue weighted by atomic mass is 10.1. The smallest absolute Gasteiger partial charge is 0.269 e. The maximum Gasteiger partial charge on any atom is 0.269 e. The van der Waals surface area contributed by atoms with Crippen LogP contribution in [0.4, 0.5) is 11.4 Å². The minimum Gasteiger partial charge on any atom is -0.378 e. The Hall–Kier alpha value is -3.68. The third kappa shape index (κ3) is 5.40. The second-order valence-corrected chi connectivity index (χ2v) is 6.02. The van der Waals surface area contributed by atoms with Crippen molar-refractivity contribution in [1.82, 2.24) is 10.9 Å². The Morgan fingerprint density at radius 2 is 1.52 bits per heavy atom. The molecular weight excluding hydrogens is 348 g/mol. The van der Waals surface area contributed by atoms with Gasteiger partial charge in [-0.1, -0.05) is 0 Å². The Labute approximate surface area is 156 Å². The van der Waals surface area contributed by atoms with Crippen LogP contribution in [0.3, 0.4) is 0 Å². The number of carbonyl (C=O) groups excluding carboxylic acids is 2. The molecule has 2 aromatic carbocycles. The maximum absolute atomic E-state index is 12.2. The van der Waals surface area contributed by atoms with Crippen LogP contribution in [0.25, 0.3) is 0 Å². The molecule has 0 aliphatic rings. The molecule has 0 aliphatic heterocycles. The van der Waals surface area contributed by atoms with E-state index < -0.39 is 10.8 Å². The van der Waals surface area contributed by atoms with E-state index in [-0.39, 0.29) is 17.0 Å². The van der Waals surface area contributed by atoms with Gasteiger partial charge in [-0.3, -0.25) is 25.1 Å². The summed E-state index contributed by atoms with van der Waals surface area (Å²) in [6.45, 7) is 1.64. The van der Waals surface area contributed by atoms with Gasteiger partial charge in [-0.2, -0.15) is 0 Å². The molecule has 2 N–H and O–H groups in total. The average molecular weight is 368 g/mol. The summed E-state index contributed by atoms with van der Waals surface area (Å²) in [5.74, 6) is -0.671. The van der Waals surface area contributed by atoms with Gasteiger partial charge < -0.3 is 10.3 Å². The number of nitro groups is 1. The lowest BCUT2D eigenvalue weighted by molar-refractivity contribution is -0.384. The highest BCUT2D eigenvalue weighted by atomic mass is 16.6. The summed E-state index contributed by atoms with van der Waals surface area (Å²) in [5, 5.41) is 10.6. The molecule has 140 valence electrons. The number of anilines is 1. The van der Waals surface area contributed by atoms with Gasteiger partial charge in [-0.05, 0) is 43.3 Å². The number of hydrogen-bond acceptors (Lipinski definition) is 6. The standard InChI is InChI=1S/C19H20N4O4/c1-13(12-18(24)14-4-8-16(9-5-14)22(2)3)20-21-19(25)15-6-10-17(11-7-15)23(26)27/h4-12,20H,1-3H3,(H,21,25). The molecule has 0 unspecified atom stereocenters. The fourth-order valence-electron chi connectivity index (χ4n) is 2.20. The Bertz CT molecular complexity index is 872. The van der Waals surface area contributed by atoms with Crippen LogP contribution in [-0.4, -0.2) is 30.7 Å². The first-order valence-corrected chi connectivity index (χ1v) is 8.09. The molecule has 0 aliphatic carbocycles. The molecule has 0 atom stereocenters. The van der Waals surface area contributed by atoms with E-state index in [0.29, 0.717) is 11.3 Å². The van der Waals surface area contributed by atoms with Gasteiger partial charge in [-0.15, -0.1) is 0 Å². The summed E-state index contributed by atoms with van der Waals surface area (Å²) in [5.41, 5.74) is 7.22. The van der Waals surface area contributed by atoms with E-state index >= 15 is 0 Å². The Kier molecular flexibility index (Phi) is 6.27. The van der Waals surface area contributed by atoms with Gasteiger partial charge in [0.2, 0.25) is 0 Å². The number of allylic oxidation sites excluding steroid dienone is 2.